The zero-order valence-corrected chi connectivity index (χ0v) is 9.90. The highest BCUT2D eigenvalue weighted by atomic mass is 16.5. The summed E-state index contributed by atoms with van der Waals surface area (Å²) in [5, 5.41) is 5.88. The summed E-state index contributed by atoms with van der Waals surface area (Å²) in [5.74, 6) is 1.23. The lowest BCUT2D eigenvalue weighted by molar-refractivity contribution is -0.119. The zero-order chi connectivity index (χ0) is 12.1. The number of carbonyl (C=O) groups is 1. The molecule has 0 atom stereocenters. The second-order valence-electron chi connectivity index (χ2n) is 3.99. The number of hydrogen-bond acceptors (Lipinski definition) is 4. The fourth-order valence-corrected chi connectivity index (χ4v) is 1.42. The van der Waals surface area contributed by atoms with E-state index in [1.165, 1.54) is 0 Å². The number of pyridine rings is 1. The predicted octanol–water partition coefficient (Wildman–Crippen LogP) is 1.17. The number of hydrogen-bond donors (Lipinski definition) is 2. The van der Waals surface area contributed by atoms with E-state index >= 15 is 0 Å². The molecule has 17 heavy (non-hydrogen) atoms. The molecule has 92 valence electrons. The highest BCUT2D eigenvalue weighted by Crippen LogP contribution is 2.18. The van der Waals surface area contributed by atoms with Crippen molar-refractivity contribution >= 4 is 11.7 Å². The van der Waals surface area contributed by atoms with E-state index in [1.54, 1.807) is 6.07 Å². The summed E-state index contributed by atoms with van der Waals surface area (Å²) < 4.78 is 5.28. The van der Waals surface area contributed by atoms with Gasteiger partial charge < -0.3 is 15.4 Å². The maximum atomic E-state index is 11.4. The normalized spacial score (nSPS) is 14.2. The molecule has 0 radical (unpaired) electrons. The molecule has 1 amide bonds. The van der Waals surface area contributed by atoms with E-state index in [-0.39, 0.29) is 12.5 Å². The first-order valence-corrected chi connectivity index (χ1v) is 5.91. The molecule has 0 aliphatic heterocycles. The van der Waals surface area contributed by atoms with Crippen molar-refractivity contribution in [3.05, 3.63) is 18.2 Å². The van der Waals surface area contributed by atoms with Crippen molar-refractivity contribution in [2.45, 2.75) is 25.8 Å². The number of aromatic nitrogens is 1. The van der Waals surface area contributed by atoms with Gasteiger partial charge in [0, 0.05) is 12.1 Å². The van der Waals surface area contributed by atoms with Crippen molar-refractivity contribution in [2.24, 2.45) is 0 Å². The van der Waals surface area contributed by atoms with Crippen LogP contribution in [0.25, 0.3) is 0 Å². The molecule has 0 unspecified atom stereocenters. The van der Waals surface area contributed by atoms with Gasteiger partial charge >= 0.3 is 0 Å². The van der Waals surface area contributed by atoms with Gasteiger partial charge in [-0.1, -0.05) is 6.07 Å². The molecule has 0 saturated heterocycles. The van der Waals surface area contributed by atoms with E-state index in [2.05, 4.69) is 15.6 Å². The molecule has 0 bridgehead atoms. The van der Waals surface area contributed by atoms with Crippen LogP contribution in [0.1, 0.15) is 19.8 Å². The van der Waals surface area contributed by atoms with Gasteiger partial charge in [-0.25, -0.2) is 0 Å². The summed E-state index contributed by atoms with van der Waals surface area (Å²) in [7, 11) is 0. The number of ether oxygens (including phenoxy) is 1. The summed E-state index contributed by atoms with van der Waals surface area (Å²) in [6.07, 6.45) is 2.20. The Balaban J connectivity index is 1.80. The minimum Gasteiger partial charge on any atom is -0.478 e. The Morgan fingerprint density at radius 2 is 2.35 bits per heavy atom. The van der Waals surface area contributed by atoms with Crippen LogP contribution in [0.15, 0.2) is 18.2 Å². The van der Waals surface area contributed by atoms with E-state index in [0.29, 0.717) is 24.3 Å². The van der Waals surface area contributed by atoms with Crippen molar-refractivity contribution < 1.29 is 9.53 Å². The third kappa shape index (κ3) is 3.94. The third-order valence-corrected chi connectivity index (χ3v) is 2.39. The fourth-order valence-electron chi connectivity index (χ4n) is 1.42. The van der Waals surface area contributed by atoms with Crippen LogP contribution in [0.4, 0.5) is 5.82 Å². The Morgan fingerprint density at radius 3 is 3.06 bits per heavy atom. The molecule has 1 heterocycles. The Hall–Kier alpha value is -1.78. The second kappa shape index (κ2) is 5.52. The van der Waals surface area contributed by atoms with E-state index < -0.39 is 0 Å². The Labute approximate surface area is 101 Å². The van der Waals surface area contributed by atoms with Gasteiger partial charge in [0.05, 0.1) is 13.2 Å². The summed E-state index contributed by atoms with van der Waals surface area (Å²) in [4.78, 5) is 15.7. The van der Waals surface area contributed by atoms with Crippen molar-refractivity contribution in [3.63, 3.8) is 0 Å². The van der Waals surface area contributed by atoms with Crippen LogP contribution in [0, 0.1) is 0 Å². The Kier molecular flexibility index (Phi) is 3.80. The molecule has 1 aromatic heterocycles. The van der Waals surface area contributed by atoms with Crippen molar-refractivity contribution in [1.29, 1.82) is 0 Å². The number of anilines is 1. The van der Waals surface area contributed by atoms with Crippen LogP contribution < -0.4 is 15.4 Å². The first-order valence-electron chi connectivity index (χ1n) is 5.91. The first kappa shape index (κ1) is 11.7. The minimum atomic E-state index is 0.0103. The number of nitrogens with one attached hydrogen (secondary N) is 2. The number of amides is 1. The van der Waals surface area contributed by atoms with E-state index in [4.69, 9.17) is 4.74 Å². The number of rotatable bonds is 6. The third-order valence-electron chi connectivity index (χ3n) is 2.39. The van der Waals surface area contributed by atoms with Gasteiger partial charge in [0.2, 0.25) is 11.8 Å². The lowest BCUT2D eigenvalue weighted by Gasteiger charge is -2.07. The predicted molar refractivity (Wildman–Crippen MR) is 65.1 cm³/mol. The van der Waals surface area contributed by atoms with Crippen LogP contribution in [0.5, 0.6) is 5.88 Å². The lowest BCUT2D eigenvalue weighted by atomic mass is 10.4. The standard InChI is InChI=1S/C12H17N3O2/c1-2-17-12-5-3-4-10(15-12)13-8-11(16)14-9-6-7-9/h3-5,9H,2,6-8H2,1H3,(H,13,15)(H,14,16). The molecule has 1 aliphatic carbocycles. The van der Waals surface area contributed by atoms with Crippen molar-refractivity contribution in [1.82, 2.24) is 10.3 Å². The van der Waals surface area contributed by atoms with Gasteiger partial charge in [-0.2, -0.15) is 4.98 Å². The average Bonchev–Trinajstić information content (AvgIpc) is 3.11. The molecule has 2 N–H and O–H groups in total. The SMILES string of the molecule is CCOc1cccc(NCC(=O)NC2CC2)n1. The van der Waals surface area contributed by atoms with Crippen LogP contribution in [-0.2, 0) is 4.79 Å². The topological polar surface area (TPSA) is 63.2 Å². The molecule has 0 spiro atoms. The molecule has 5 heteroatoms. The molecular formula is C12H17N3O2. The van der Waals surface area contributed by atoms with Gasteiger partial charge in [0.15, 0.2) is 0 Å². The quantitative estimate of drug-likeness (QED) is 0.777. The Morgan fingerprint density at radius 1 is 1.53 bits per heavy atom. The van der Waals surface area contributed by atoms with Crippen LogP contribution in [0.3, 0.4) is 0 Å². The largest absolute Gasteiger partial charge is 0.478 e. The van der Waals surface area contributed by atoms with E-state index in [1.807, 2.05) is 19.1 Å². The molecule has 2 rings (SSSR count). The Bertz CT molecular complexity index is 391. The maximum Gasteiger partial charge on any atom is 0.239 e. The fraction of sp³-hybridized carbons (Fsp3) is 0.500. The van der Waals surface area contributed by atoms with Gasteiger partial charge in [-0.05, 0) is 25.8 Å². The van der Waals surface area contributed by atoms with E-state index in [9.17, 15) is 4.79 Å². The van der Waals surface area contributed by atoms with E-state index in [0.717, 1.165) is 12.8 Å². The summed E-state index contributed by atoms with van der Waals surface area (Å²) in [5.41, 5.74) is 0. The van der Waals surface area contributed by atoms with Crippen LogP contribution in [-0.4, -0.2) is 30.1 Å². The maximum absolute atomic E-state index is 11.4. The molecule has 0 aromatic carbocycles. The molecule has 1 aliphatic rings. The highest BCUT2D eigenvalue weighted by molar-refractivity contribution is 5.80. The molecule has 1 fully saturated rings. The van der Waals surface area contributed by atoms with Gasteiger partial charge in [0.25, 0.3) is 0 Å². The van der Waals surface area contributed by atoms with Crippen molar-refractivity contribution in [3.8, 4) is 5.88 Å². The second-order valence-corrected chi connectivity index (χ2v) is 3.99. The summed E-state index contributed by atoms with van der Waals surface area (Å²) >= 11 is 0. The first-order chi connectivity index (χ1) is 8.28. The molecule has 5 nitrogen and oxygen atoms in total. The number of carbonyl (C=O) groups excluding carboxylic acids is 1. The molecular weight excluding hydrogens is 218 g/mol. The summed E-state index contributed by atoms with van der Waals surface area (Å²) in [6, 6.07) is 5.84. The van der Waals surface area contributed by atoms with Gasteiger partial charge in [-0.3, -0.25) is 4.79 Å². The molecule has 1 saturated carbocycles. The average molecular weight is 235 g/mol. The smallest absolute Gasteiger partial charge is 0.239 e. The van der Waals surface area contributed by atoms with Crippen LogP contribution >= 0.6 is 0 Å². The lowest BCUT2D eigenvalue weighted by Crippen LogP contribution is -2.31. The zero-order valence-electron chi connectivity index (χ0n) is 9.90. The van der Waals surface area contributed by atoms with Crippen LogP contribution in [0.2, 0.25) is 0 Å². The summed E-state index contributed by atoms with van der Waals surface area (Å²) in [6.45, 7) is 2.74. The monoisotopic (exact) mass is 235 g/mol. The molecule has 1 aromatic rings. The van der Waals surface area contributed by atoms with Gasteiger partial charge in [0.1, 0.15) is 5.82 Å². The number of nitrogens with zero attached hydrogens (tertiary/aromatic N) is 1. The minimum absolute atomic E-state index is 0.0103. The van der Waals surface area contributed by atoms with Crippen molar-refractivity contribution in [2.75, 3.05) is 18.5 Å². The van der Waals surface area contributed by atoms with Gasteiger partial charge in [-0.15, -0.1) is 0 Å². The highest BCUT2D eigenvalue weighted by Gasteiger charge is 2.22.